The minimum atomic E-state index is -1.16. The maximum Gasteiger partial charge on any atom is 0.492 e. The average molecular weight is 222 g/mol. The Bertz CT molecular complexity index is 445. The predicted octanol–water partition coefficient (Wildman–Crippen LogP) is -0.0659. The SMILES string of the molecule is Cc1cc(O)cc2c1[C@H](CC(=O)O)OB2O. The Balaban J connectivity index is 2.44. The van der Waals surface area contributed by atoms with Crippen molar-refractivity contribution in [2.24, 2.45) is 0 Å². The Hall–Kier alpha value is -1.53. The van der Waals surface area contributed by atoms with Crippen LogP contribution in [0.3, 0.4) is 0 Å². The van der Waals surface area contributed by atoms with Crippen LogP contribution in [0.2, 0.25) is 0 Å². The Kier molecular flexibility index (Phi) is 2.61. The van der Waals surface area contributed by atoms with Gasteiger partial charge in [-0.3, -0.25) is 4.79 Å². The molecule has 1 aliphatic heterocycles. The molecule has 2 rings (SSSR count). The average Bonchev–Trinajstić information content (AvgIpc) is 2.42. The van der Waals surface area contributed by atoms with Gasteiger partial charge in [-0.2, -0.15) is 0 Å². The van der Waals surface area contributed by atoms with Crippen molar-refractivity contribution in [3.05, 3.63) is 23.3 Å². The summed E-state index contributed by atoms with van der Waals surface area (Å²) in [5.41, 5.74) is 1.83. The third kappa shape index (κ3) is 1.77. The van der Waals surface area contributed by atoms with Crippen LogP contribution in [0.5, 0.6) is 5.75 Å². The van der Waals surface area contributed by atoms with Gasteiger partial charge in [-0.1, -0.05) is 0 Å². The van der Waals surface area contributed by atoms with E-state index >= 15 is 0 Å². The molecule has 5 nitrogen and oxygen atoms in total. The summed E-state index contributed by atoms with van der Waals surface area (Å²) in [4.78, 5) is 10.6. The molecule has 1 aromatic carbocycles. The molecule has 0 saturated heterocycles. The number of hydrogen-bond donors (Lipinski definition) is 3. The molecule has 1 heterocycles. The molecule has 84 valence electrons. The largest absolute Gasteiger partial charge is 0.508 e. The zero-order valence-corrected chi connectivity index (χ0v) is 8.67. The highest BCUT2D eigenvalue weighted by molar-refractivity contribution is 6.62. The van der Waals surface area contributed by atoms with E-state index in [9.17, 15) is 14.9 Å². The van der Waals surface area contributed by atoms with Crippen molar-refractivity contribution in [2.75, 3.05) is 0 Å². The monoisotopic (exact) mass is 222 g/mol. The lowest BCUT2D eigenvalue weighted by Gasteiger charge is -2.11. The Morgan fingerprint density at radius 1 is 1.56 bits per heavy atom. The summed E-state index contributed by atoms with van der Waals surface area (Å²) in [6.07, 6.45) is -0.849. The third-order valence-electron chi connectivity index (χ3n) is 2.64. The molecule has 0 aliphatic carbocycles. The fourth-order valence-electron chi connectivity index (χ4n) is 2.06. The van der Waals surface area contributed by atoms with E-state index < -0.39 is 19.2 Å². The number of phenolic OH excluding ortho intramolecular Hbond substituents is 1. The molecule has 0 amide bonds. The molecule has 16 heavy (non-hydrogen) atoms. The van der Waals surface area contributed by atoms with Crippen molar-refractivity contribution < 1.29 is 24.7 Å². The van der Waals surface area contributed by atoms with Gasteiger partial charge in [0, 0.05) is 0 Å². The van der Waals surface area contributed by atoms with Crippen molar-refractivity contribution in [1.29, 1.82) is 0 Å². The fourth-order valence-corrected chi connectivity index (χ4v) is 2.06. The lowest BCUT2D eigenvalue weighted by atomic mass is 9.77. The quantitative estimate of drug-likeness (QED) is 0.610. The number of phenols is 1. The molecule has 0 radical (unpaired) electrons. The molecule has 0 bridgehead atoms. The maximum atomic E-state index is 10.6. The third-order valence-corrected chi connectivity index (χ3v) is 2.64. The second kappa shape index (κ2) is 3.81. The maximum absolute atomic E-state index is 10.6. The number of aromatic hydroxyl groups is 1. The normalized spacial score (nSPS) is 18.6. The summed E-state index contributed by atoms with van der Waals surface area (Å²) in [5.74, 6) is -0.951. The number of hydrogen-bond acceptors (Lipinski definition) is 4. The van der Waals surface area contributed by atoms with Crippen LogP contribution < -0.4 is 5.46 Å². The summed E-state index contributed by atoms with van der Waals surface area (Å²) in [6.45, 7) is 1.74. The van der Waals surface area contributed by atoms with Crippen LogP contribution in [-0.4, -0.2) is 28.3 Å². The molecule has 1 aliphatic rings. The summed E-state index contributed by atoms with van der Waals surface area (Å²) in [6, 6.07) is 2.92. The number of aliphatic carboxylic acids is 1. The predicted molar refractivity (Wildman–Crippen MR) is 56.5 cm³/mol. The summed E-state index contributed by atoms with van der Waals surface area (Å²) in [5, 5.41) is 27.7. The standard InChI is InChI=1S/C10H11BO5/c1-5-2-6(12)3-7-10(5)8(4-9(13)14)16-11(7)15/h2-3,8,12,15H,4H2,1H3,(H,13,14)/t8-/m0/s1. The van der Waals surface area contributed by atoms with Crippen LogP contribution in [-0.2, 0) is 9.45 Å². The van der Waals surface area contributed by atoms with Crippen molar-refractivity contribution in [3.63, 3.8) is 0 Å². The number of carboxylic acid groups (broad SMARTS) is 1. The van der Waals surface area contributed by atoms with Crippen LogP contribution in [0.1, 0.15) is 23.7 Å². The molecule has 1 aromatic rings. The number of fused-ring (bicyclic) bond motifs is 1. The van der Waals surface area contributed by atoms with Gasteiger partial charge in [0.1, 0.15) is 5.75 Å². The first-order chi connectivity index (χ1) is 7.49. The second-order valence-corrected chi connectivity index (χ2v) is 3.84. The van der Waals surface area contributed by atoms with E-state index in [4.69, 9.17) is 9.76 Å². The zero-order valence-electron chi connectivity index (χ0n) is 8.67. The van der Waals surface area contributed by atoms with E-state index in [1.807, 2.05) is 0 Å². The fraction of sp³-hybridized carbons (Fsp3) is 0.300. The van der Waals surface area contributed by atoms with Gasteiger partial charge in [0.15, 0.2) is 0 Å². The van der Waals surface area contributed by atoms with Crippen molar-refractivity contribution >= 4 is 18.6 Å². The number of rotatable bonds is 2. The van der Waals surface area contributed by atoms with Gasteiger partial charge >= 0.3 is 13.1 Å². The van der Waals surface area contributed by atoms with E-state index in [1.54, 1.807) is 6.92 Å². The van der Waals surface area contributed by atoms with Gasteiger partial charge in [-0.05, 0) is 35.6 Å². The molecule has 0 unspecified atom stereocenters. The molecule has 0 fully saturated rings. The molecule has 0 saturated carbocycles. The van der Waals surface area contributed by atoms with Gasteiger partial charge in [-0.25, -0.2) is 0 Å². The molecule has 0 spiro atoms. The van der Waals surface area contributed by atoms with Crippen LogP contribution in [0.25, 0.3) is 0 Å². The highest BCUT2D eigenvalue weighted by Gasteiger charge is 2.37. The van der Waals surface area contributed by atoms with Crippen LogP contribution >= 0.6 is 0 Å². The smallest absolute Gasteiger partial charge is 0.492 e. The lowest BCUT2D eigenvalue weighted by Crippen LogP contribution is -2.28. The van der Waals surface area contributed by atoms with Crippen molar-refractivity contribution in [2.45, 2.75) is 19.4 Å². The highest BCUT2D eigenvalue weighted by atomic mass is 16.5. The van der Waals surface area contributed by atoms with Crippen LogP contribution in [0.4, 0.5) is 0 Å². The lowest BCUT2D eigenvalue weighted by molar-refractivity contribution is -0.138. The zero-order chi connectivity index (χ0) is 11.9. The van der Waals surface area contributed by atoms with E-state index in [0.717, 1.165) is 5.56 Å². The van der Waals surface area contributed by atoms with E-state index in [-0.39, 0.29) is 12.2 Å². The van der Waals surface area contributed by atoms with Crippen LogP contribution in [0.15, 0.2) is 12.1 Å². The Morgan fingerprint density at radius 3 is 2.88 bits per heavy atom. The molecule has 3 N–H and O–H groups in total. The first kappa shape index (κ1) is 11.0. The minimum absolute atomic E-state index is 0.0369. The van der Waals surface area contributed by atoms with Crippen molar-refractivity contribution in [1.82, 2.24) is 0 Å². The number of aryl methyl sites for hydroxylation is 1. The van der Waals surface area contributed by atoms with Gasteiger partial charge in [0.2, 0.25) is 0 Å². The molecule has 1 atom stereocenters. The van der Waals surface area contributed by atoms with Crippen molar-refractivity contribution in [3.8, 4) is 5.75 Å². The summed E-state index contributed by atoms with van der Waals surface area (Å²) in [7, 11) is -1.16. The van der Waals surface area contributed by atoms with Gasteiger partial charge in [-0.15, -0.1) is 0 Å². The summed E-state index contributed by atoms with van der Waals surface area (Å²) < 4.78 is 5.14. The van der Waals surface area contributed by atoms with E-state index in [2.05, 4.69) is 0 Å². The van der Waals surface area contributed by atoms with Crippen LogP contribution in [0, 0.1) is 6.92 Å². The van der Waals surface area contributed by atoms with E-state index in [0.29, 0.717) is 11.0 Å². The topological polar surface area (TPSA) is 87.0 Å². The summed E-state index contributed by atoms with van der Waals surface area (Å²) >= 11 is 0. The van der Waals surface area contributed by atoms with E-state index in [1.165, 1.54) is 12.1 Å². The number of carboxylic acids is 1. The molecule has 0 aromatic heterocycles. The van der Waals surface area contributed by atoms with Gasteiger partial charge < -0.3 is 19.9 Å². The highest BCUT2D eigenvalue weighted by Crippen LogP contribution is 2.31. The Labute approximate surface area is 92.4 Å². The minimum Gasteiger partial charge on any atom is -0.508 e. The first-order valence-corrected chi connectivity index (χ1v) is 4.87. The molecular formula is C10H11BO5. The first-order valence-electron chi connectivity index (χ1n) is 4.87. The Morgan fingerprint density at radius 2 is 2.25 bits per heavy atom. The molecular weight excluding hydrogens is 211 g/mol. The van der Waals surface area contributed by atoms with Gasteiger partial charge in [0.05, 0.1) is 12.5 Å². The van der Waals surface area contributed by atoms with Gasteiger partial charge in [0.25, 0.3) is 0 Å². The number of benzene rings is 1. The molecule has 6 heteroatoms. The second-order valence-electron chi connectivity index (χ2n) is 3.84. The number of carbonyl (C=O) groups is 1.